The number of aliphatic hydroxyl groups is 1. The van der Waals surface area contributed by atoms with Crippen molar-refractivity contribution < 1.29 is 43.0 Å². The van der Waals surface area contributed by atoms with Gasteiger partial charge in [0, 0.05) is 5.56 Å². The van der Waals surface area contributed by atoms with Crippen LogP contribution in [-0.4, -0.2) is 37.0 Å². The first-order chi connectivity index (χ1) is 7.55. The van der Waals surface area contributed by atoms with E-state index >= 15 is 0 Å². The third kappa shape index (κ3) is 2.23. The van der Waals surface area contributed by atoms with Crippen LogP contribution in [0.3, 0.4) is 0 Å². The number of quaternary nitrogens is 1. The molecule has 4 nitrogen and oxygen atoms in total. The highest BCUT2D eigenvalue weighted by Gasteiger charge is 2.33. The molecule has 94 valence electrons. The Morgan fingerprint density at radius 1 is 1.24 bits per heavy atom. The van der Waals surface area contributed by atoms with Gasteiger partial charge in [0.15, 0.2) is 11.5 Å². The van der Waals surface area contributed by atoms with E-state index in [0.29, 0.717) is 0 Å². The summed E-state index contributed by atoms with van der Waals surface area (Å²) in [5.74, 6) is 1.55. The maximum Gasteiger partial charge on any atom is 0.231 e. The molecule has 2 aliphatic rings. The Bertz CT molecular complexity index is 448. The van der Waals surface area contributed by atoms with Gasteiger partial charge < -0.3 is 43.0 Å². The van der Waals surface area contributed by atoms with Crippen molar-refractivity contribution in [2.24, 2.45) is 0 Å². The van der Waals surface area contributed by atoms with Crippen LogP contribution in [0.1, 0.15) is 17.2 Å². The summed E-state index contributed by atoms with van der Waals surface area (Å²) in [4.78, 5) is 0. The standard InChI is InChI=1S/C12H16NO3.HI/c1-13(2)5-8-3-11-12(16-7-15-11)4-9(8)10(14)6-13;/h3-4,10,14H,5-7H2,1-2H3;1H/q+1;/p-1. The van der Waals surface area contributed by atoms with Crippen molar-refractivity contribution in [2.75, 3.05) is 27.4 Å². The Balaban J connectivity index is 0.00000108. The van der Waals surface area contributed by atoms with E-state index in [9.17, 15) is 5.11 Å². The smallest absolute Gasteiger partial charge is 0.231 e. The molecule has 5 heteroatoms. The third-order valence-electron chi connectivity index (χ3n) is 3.26. The van der Waals surface area contributed by atoms with Crippen molar-refractivity contribution in [3.05, 3.63) is 23.3 Å². The zero-order chi connectivity index (χ0) is 11.3. The number of fused-ring (bicyclic) bond motifs is 2. The van der Waals surface area contributed by atoms with E-state index in [-0.39, 0.29) is 30.8 Å². The Morgan fingerprint density at radius 3 is 2.59 bits per heavy atom. The summed E-state index contributed by atoms with van der Waals surface area (Å²) in [5, 5.41) is 10.1. The molecule has 17 heavy (non-hydrogen) atoms. The van der Waals surface area contributed by atoms with Gasteiger partial charge in [0.25, 0.3) is 0 Å². The molecule has 0 radical (unpaired) electrons. The van der Waals surface area contributed by atoms with Crippen LogP contribution < -0.4 is 33.5 Å². The molecule has 1 N–H and O–H groups in total. The maximum absolute atomic E-state index is 10.1. The number of rotatable bonds is 0. The Morgan fingerprint density at radius 2 is 1.88 bits per heavy atom. The normalized spacial score (nSPS) is 23.8. The Hall–Kier alpha value is -0.530. The van der Waals surface area contributed by atoms with Crippen LogP contribution in [-0.2, 0) is 6.54 Å². The van der Waals surface area contributed by atoms with E-state index in [4.69, 9.17) is 9.47 Å². The molecule has 1 atom stereocenters. The molecule has 0 fully saturated rings. The summed E-state index contributed by atoms with van der Waals surface area (Å²) < 4.78 is 11.5. The molecule has 3 rings (SSSR count). The minimum Gasteiger partial charge on any atom is -1.00 e. The SMILES string of the molecule is C[N+]1(C)Cc2cc3c(cc2C(O)C1)OCO3.[I-]. The van der Waals surface area contributed by atoms with Crippen molar-refractivity contribution in [2.45, 2.75) is 12.6 Å². The summed E-state index contributed by atoms with van der Waals surface area (Å²) in [6.45, 7) is 1.95. The second-order valence-corrected chi connectivity index (χ2v) is 5.20. The number of hydrogen-bond acceptors (Lipinski definition) is 3. The van der Waals surface area contributed by atoms with E-state index < -0.39 is 6.10 Å². The first-order valence-corrected chi connectivity index (χ1v) is 5.48. The fraction of sp³-hybridized carbons (Fsp3) is 0.500. The summed E-state index contributed by atoms with van der Waals surface area (Å²) in [6, 6.07) is 3.92. The first-order valence-electron chi connectivity index (χ1n) is 5.48. The molecule has 0 amide bonds. The van der Waals surface area contributed by atoms with Crippen LogP contribution in [0, 0.1) is 0 Å². The van der Waals surface area contributed by atoms with Crippen LogP contribution in [0.25, 0.3) is 0 Å². The molecular weight excluding hydrogens is 333 g/mol. The van der Waals surface area contributed by atoms with Gasteiger partial charge >= 0.3 is 0 Å². The van der Waals surface area contributed by atoms with E-state index in [1.165, 1.54) is 0 Å². The van der Waals surface area contributed by atoms with Gasteiger partial charge in [-0.3, -0.25) is 0 Å². The molecule has 1 unspecified atom stereocenters. The molecule has 0 spiro atoms. The highest BCUT2D eigenvalue weighted by molar-refractivity contribution is 5.49. The number of ether oxygens (including phenoxy) is 2. The number of halogens is 1. The van der Waals surface area contributed by atoms with Crippen molar-refractivity contribution in [3.8, 4) is 11.5 Å². The van der Waals surface area contributed by atoms with Gasteiger partial charge in [0.2, 0.25) is 6.79 Å². The average molecular weight is 349 g/mol. The highest BCUT2D eigenvalue weighted by Crippen LogP contribution is 2.40. The molecule has 0 aliphatic carbocycles. The minimum atomic E-state index is -0.409. The lowest BCUT2D eigenvalue weighted by atomic mass is 9.95. The molecular formula is C12H16INO3. The molecule has 1 aromatic carbocycles. The van der Waals surface area contributed by atoms with Gasteiger partial charge in [-0.05, 0) is 17.7 Å². The van der Waals surface area contributed by atoms with Crippen LogP contribution in [0.15, 0.2) is 12.1 Å². The number of benzene rings is 1. The number of likely N-dealkylation sites (N-methyl/N-ethyl adjacent to an activating group) is 1. The summed E-state index contributed by atoms with van der Waals surface area (Å²) >= 11 is 0. The zero-order valence-corrected chi connectivity index (χ0v) is 12.1. The van der Waals surface area contributed by atoms with Crippen LogP contribution in [0.2, 0.25) is 0 Å². The molecule has 2 heterocycles. The van der Waals surface area contributed by atoms with Crippen molar-refractivity contribution >= 4 is 0 Å². The monoisotopic (exact) mass is 349 g/mol. The predicted octanol–water partition coefficient (Wildman–Crippen LogP) is -1.96. The van der Waals surface area contributed by atoms with E-state index in [1.54, 1.807) is 0 Å². The van der Waals surface area contributed by atoms with E-state index in [1.807, 2.05) is 12.1 Å². The van der Waals surface area contributed by atoms with Gasteiger partial charge in [-0.2, -0.15) is 0 Å². The fourth-order valence-electron chi connectivity index (χ4n) is 2.54. The Labute approximate surface area is 118 Å². The topological polar surface area (TPSA) is 38.7 Å². The molecule has 0 aromatic heterocycles. The van der Waals surface area contributed by atoms with Gasteiger partial charge in [-0.15, -0.1) is 0 Å². The highest BCUT2D eigenvalue weighted by atomic mass is 127. The summed E-state index contributed by atoms with van der Waals surface area (Å²) in [6.07, 6.45) is -0.409. The van der Waals surface area contributed by atoms with Crippen LogP contribution in [0.4, 0.5) is 0 Å². The van der Waals surface area contributed by atoms with Gasteiger partial charge in [-0.25, -0.2) is 0 Å². The minimum absolute atomic E-state index is 0. The van der Waals surface area contributed by atoms with Gasteiger partial charge in [0.1, 0.15) is 19.2 Å². The lowest BCUT2D eigenvalue weighted by Crippen LogP contribution is -3.00. The van der Waals surface area contributed by atoms with Crippen molar-refractivity contribution in [1.29, 1.82) is 0 Å². The second kappa shape index (κ2) is 4.29. The van der Waals surface area contributed by atoms with Crippen molar-refractivity contribution in [3.63, 3.8) is 0 Å². The first kappa shape index (κ1) is 12.9. The zero-order valence-electron chi connectivity index (χ0n) is 9.94. The number of aliphatic hydroxyl groups excluding tert-OH is 1. The molecule has 0 bridgehead atoms. The van der Waals surface area contributed by atoms with E-state index in [2.05, 4.69) is 14.1 Å². The van der Waals surface area contributed by atoms with Gasteiger partial charge in [-0.1, -0.05) is 0 Å². The predicted molar refractivity (Wildman–Crippen MR) is 58.2 cm³/mol. The third-order valence-corrected chi connectivity index (χ3v) is 3.26. The summed E-state index contributed by atoms with van der Waals surface area (Å²) in [7, 11) is 4.24. The lowest BCUT2D eigenvalue weighted by molar-refractivity contribution is -0.909. The number of hydrogen-bond donors (Lipinski definition) is 1. The lowest BCUT2D eigenvalue weighted by Gasteiger charge is -2.37. The number of nitrogens with zero attached hydrogens (tertiary/aromatic N) is 1. The quantitative estimate of drug-likeness (QED) is 0.437. The second-order valence-electron chi connectivity index (χ2n) is 5.20. The van der Waals surface area contributed by atoms with Gasteiger partial charge in [0.05, 0.1) is 14.1 Å². The van der Waals surface area contributed by atoms with Crippen molar-refractivity contribution in [1.82, 2.24) is 0 Å². The molecule has 0 saturated heterocycles. The molecule has 2 aliphatic heterocycles. The fourth-order valence-corrected chi connectivity index (χ4v) is 2.54. The maximum atomic E-state index is 10.1. The average Bonchev–Trinajstić information content (AvgIpc) is 2.60. The van der Waals surface area contributed by atoms with Crippen LogP contribution in [0.5, 0.6) is 11.5 Å². The largest absolute Gasteiger partial charge is 1.00 e. The summed E-state index contributed by atoms with van der Waals surface area (Å²) in [5.41, 5.74) is 2.15. The Kier molecular flexibility index (Phi) is 3.26. The molecule has 0 saturated carbocycles. The molecule has 1 aromatic rings. The van der Waals surface area contributed by atoms with E-state index in [0.717, 1.165) is 40.2 Å². The van der Waals surface area contributed by atoms with Crippen LogP contribution >= 0.6 is 0 Å².